The third kappa shape index (κ3) is 2.99. The van der Waals surface area contributed by atoms with E-state index in [2.05, 4.69) is 9.69 Å². The van der Waals surface area contributed by atoms with Gasteiger partial charge in [-0.3, -0.25) is 0 Å². The van der Waals surface area contributed by atoms with E-state index in [4.69, 9.17) is 15.0 Å². The molecule has 0 N–H and O–H groups in total. The number of allylic oxidation sites excluding steroid dienone is 3. The summed E-state index contributed by atoms with van der Waals surface area (Å²) in [6.45, 7) is 7.16. The van der Waals surface area contributed by atoms with Crippen molar-refractivity contribution in [3.63, 3.8) is 0 Å². The lowest BCUT2D eigenvalue weighted by molar-refractivity contribution is -0.0137. The molecule has 0 aromatic heterocycles. The summed E-state index contributed by atoms with van der Waals surface area (Å²) in [7, 11) is 0. The van der Waals surface area contributed by atoms with E-state index in [9.17, 15) is 0 Å². The van der Waals surface area contributed by atoms with Gasteiger partial charge in [0.05, 0.1) is 18.9 Å². The zero-order valence-electron chi connectivity index (χ0n) is 11.7. The molecule has 1 saturated heterocycles. The first kappa shape index (κ1) is 13.7. The normalized spacial score (nSPS) is 19.4. The largest absolute Gasteiger partial charge is 0.495 e. The molecule has 0 atom stereocenters. The molecule has 2 aliphatic rings. The van der Waals surface area contributed by atoms with Gasteiger partial charge in [-0.1, -0.05) is 0 Å². The molecule has 19 heavy (non-hydrogen) atoms. The molecule has 0 aromatic carbocycles. The second kappa shape index (κ2) is 6.43. The average molecular weight is 263 g/mol. The summed E-state index contributed by atoms with van der Waals surface area (Å²) in [5, 5.41) is 0. The molecule has 0 unspecified atom stereocenters. The Labute approximate surface area is 114 Å². The highest BCUT2D eigenvalue weighted by Crippen LogP contribution is 2.28. The number of ether oxygens (including phenoxy) is 2. The second-order valence-electron chi connectivity index (χ2n) is 4.60. The van der Waals surface area contributed by atoms with Gasteiger partial charge in [0.15, 0.2) is 0 Å². The fraction of sp³-hybridized carbons (Fsp3) is 0.643. The molecule has 0 aromatic rings. The van der Waals surface area contributed by atoms with Crippen molar-refractivity contribution >= 4 is 5.71 Å². The van der Waals surface area contributed by atoms with Crippen molar-refractivity contribution in [3.8, 4) is 0 Å². The SMILES string of the molecule is CCOC1=CC(N2CCCC2)=C(OCC)CC1=[N+]=[N-]. The molecule has 2 rings (SSSR count). The molecule has 1 heterocycles. The number of hydrogen-bond acceptors (Lipinski definition) is 3. The number of nitrogens with zero attached hydrogens (tertiary/aromatic N) is 3. The lowest BCUT2D eigenvalue weighted by atomic mass is 10.1. The lowest BCUT2D eigenvalue weighted by Gasteiger charge is -2.25. The molecule has 1 aliphatic carbocycles. The van der Waals surface area contributed by atoms with Gasteiger partial charge in [0.25, 0.3) is 0 Å². The van der Waals surface area contributed by atoms with E-state index in [1.54, 1.807) is 0 Å². The van der Waals surface area contributed by atoms with Crippen molar-refractivity contribution in [2.24, 2.45) is 0 Å². The molecule has 0 bridgehead atoms. The van der Waals surface area contributed by atoms with Crippen LogP contribution in [-0.2, 0) is 9.47 Å². The van der Waals surface area contributed by atoms with Gasteiger partial charge in [-0.05, 0) is 26.7 Å². The Kier molecular flexibility index (Phi) is 4.63. The number of hydrogen-bond donors (Lipinski definition) is 0. The third-order valence-electron chi connectivity index (χ3n) is 3.35. The van der Waals surface area contributed by atoms with Gasteiger partial charge in [0.1, 0.15) is 12.2 Å². The highest BCUT2D eigenvalue weighted by molar-refractivity contribution is 5.97. The van der Waals surface area contributed by atoms with Crippen LogP contribution in [0.1, 0.15) is 33.1 Å². The highest BCUT2D eigenvalue weighted by Gasteiger charge is 2.30. The summed E-state index contributed by atoms with van der Waals surface area (Å²) in [4.78, 5) is 5.65. The van der Waals surface area contributed by atoms with E-state index >= 15 is 0 Å². The van der Waals surface area contributed by atoms with Gasteiger partial charge >= 0.3 is 5.71 Å². The van der Waals surface area contributed by atoms with E-state index < -0.39 is 0 Å². The van der Waals surface area contributed by atoms with Crippen molar-refractivity contribution in [2.75, 3.05) is 26.3 Å². The smallest absolute Gasteiger partial charge is 0.341 e. The summed E-state index contributed by atoms with van der Waals surface area (Å²) in [5.41, 5.74) is 10.7. The Bertz CT molecular complexity index is 442. The van der Waals surface area contributed by atoms with Gasteiger partial charge in [0, 0.05) is 19.2 Å². The molecule has 104 valence electrons. The molecular formula is C14H21N3O2. The maximum Gasteiger partial charge on any atom is 0.341 e. The van der Waals surface area contributed by atoms with Crippen molar-refractivity contribution in [3.05, 3.63) is 28.8 Å². The van der Waals surface area contributed by atoms with Gasteiger partial charge < -0.3 is 19.9 Å². The van der Waals surface area contributed by atoms with Crippen LogP contribution in [0.2, 0.25) is 0 Å². The van der Waals surface area contributed by atoms with Crippen LogP contribution in [0.4, 0.5) is 0 Å². The molecule has 1 fully saturated rings. The molecular weight excluding hydrogens is 242 g/mol. The second-order valence-corrected chi connectivity index (χ2v) is 4.60. The standard InChI is InChI=1S/C14H21N3O2/c1-3-18-13-10-12(17-7-5-6-8-17)14(19-4-2)9-11(13)16-15/h10H,3-9H2,1-2H3. The van der Waals surface area contributed by atoms with Crippen LogP contribution in [-0.4, -0.2) is 41.7 Å². The van der Waals surface area contributed by atoms with Crippen LogP contribution >= 0.6 is 0 Å². The topological polar surface area (TPSA) is 58.1 Å². The molecule has 0 spiro atoms. The number of likely N-dealkylation sites (tertiary alicyclic amines) is 1. The van der Waals surface area contributed by atoms with E-state index in [1.807, 2.05) is 19.9 Å². The van der Waals surface area contributed by atoms with Crippen LogP contribution in [0.3, 0.4) is 0 Å². The van der Waals surface area contributed by atoms with Crippen molar-refractivity contribution in [1.82, 2.24) is 4.90 Å². The van der Waals surface area contributed by atoms with Crippen molar-refractivity contribution in [2.45, 2.75) is 33.1 Å². The number of rotatable bonds is 5. The van der Waals surface area contributed by atoms with E-state index in [1.165, 1.54) is 12.8 Å². The van der Waals surface area contributed by atoms with Crippen LogP contribution < -0.4 is 0 Å². The van der Waals surface area contributed by atoms with Crippen LogP contribution in [0.5, 0.6) is 0 Å². The Morgan fingerprint density at radius 1 is 1.21 bits per heavy atom. The zero-order valence-corrected chi connectivity index (χ0v) is 11.7. The quantitative estimate of drug-likeness (QED) is 0.565. The zero-order chi connectivity index (χ0) is 13.7. The lowest BCUT2D eigenvalue weighted by Crippen LogP contribution is -2.25. The van der Waals surface area contributed by atoms with Gasteiger partial charge in [-0.15, -0.1) is 0 Å². The summed E-state index contributed by atoms with van der Waals surface area (Å²) < 4.78 is 11.3. The Morgan fingerprint density at radius 2 is 1.89 bits per heavy atom. The van der Waals surface area contributed by atoms with Gasteiger partial charge in [-0.25, -0.2) is 0 Å². The fourth-order valence-corrected chi connectivity index (χ4v) is 2.51. The average Bonchev–Trinajstić information content (AvgIpc) is 2.94. The monoisotopic (exact) mass is 263 g/mol. The van der Waals surface area contributed by atoms with Crippen LogP contribution in [0.15, 0.2) is 23.3 Å². The molecule has 0 amide bonds. The van der Waals surface area contributed by atoms with Gasteiger partial charge in [-0.2, -0.15) is 4.79 Å². The van der Waals surface area contributed by atoms with Crippen molar-refractivity contribution < 1.29 is 14.3 Å². The van der Waals surface area contributed by atoms with Crippen LogP contribution in [0.25, 0.3) is 5.53 Å². The Morgan fingerprint density at radius 3 is 2.47 bits per heavy atom. The Balaban J connectivity index is 2.33. The van der Waals surface area contributed by atoms with E-state index in [-0.39, 0.29) is 0 Å². The first-order valence-electron chi connectivity index (χ1n) is 6.96. The van der Waals surface area contributed by atoms with E-state index in [0.29, 0.717) is 31.1 Å². The minimum absolute atomic E-state index is 0.488. The van der Waals surface area contributed by atoms with Crippen LogP contribution in [0, 0.1) is 0 Å². The molecule has 0 radical (unpaired) electrons. The highest BCUT2D eigenvalue weighted by atomic mass is 16.5. The fourth-order valence-electron chi connectivity index (χ4n) is 2.51. The summed E-state index contributed by atoms with van der Waals surface area (Å²) >= 11 is 0. The minimum atomic E-state index is 0.488. The summed E-state index contributed by atoms with van der Waals surface area (Å²) in [6, 6.07) is 0. The predicted molar refractivity (Wildman–Crippen MR) is 72.4 cm³/mol. The molecule has 5 nitrogen and oxygen atoms in total. The van der Waals surface area contributed by atoms with Gasteiger partial charge in [0.2, 0.25) is 5.76 Å². The maximum absolute atomic E-state index is 9.10. The minimum Gasteiger partial charge on any atom is -0.495 e. The third-order valence-corrected chi connectivity index (χ3v) is 3.35. The molecule has 5 heteroatoms. The van der Waals surface area contributed by atoms with Crippen molar-refractivity contribution in [1.29, 1.82) is 0 Å². The summed E-state index contributed by atoms with van der Waals surface area (Å²) in [6.07, 6.45) is 4.85. The maximum atomic E-state index is 9.10. The molecule has 1 aliphatic heterocycles. The Hall–Kier alpha value is -1.74. The summed E-state index contributed by atoms with van der Waals surface area (Å²) in [5.74, 6) is 1.52. The van der Waals surface area contributed by atoms with E-state index in [0.717, 1.165) is 24.5 Å². The first-order valence-corrected chi connectivity index (χ1v) is 6.96. The molecule has 0 saturated carbocycles. The predicted octanol–water partition coefficient (Wildman–Crippen LogP) is 2.33. The first-order chi connectivity index (χ1) is 9.30.